The molecule has 0 unspecified atom stereocenters. The summed E-state index contributed by atoms with van der Waals surface area (Å²) in [6.07, 6.45) is 3.87. The molecule has 1 heterocycles. The number of aryl methyl sites for hydroxylation is 1. The molecular weight excluding hydrogens is 192 g/mol. The summed E-state index contributed by atoms with van der Waals surface area (Å²) in [5.41, 5.74) is 6.57. The van der Waals surface area contributed by atoms with Crippen molar-refractivity contribution in [2.45, 2.75) is 25.8 Å². The van der Waals surface area contributed by atoms with Gasteiger partial charge in [-0.1, -0.05) is 0 Å². The number of carbonyl (C=O) groups excluding carboxylic acids is 1. The van der Waals surface area contributed by atoms with Crippen molar-refractivity contribution in [1.82, 2.24) is 14.7 Å². The third-order valence-corrected chi connectivity index (χ3v) is 2.65. The predicted octanol–water partition coefficient (Wildman–Crippen LogP) is 0.627. The highest BCUT2D eigenvalue weighted by Crippen LogP contribution is 2.28. The van der Waals surface area contributed by atoms with Crippen LogP contribution in [0.3, 0.4) is 0 Å². The first-order valence-corrected chi connectivity index (χ1v) is 5.23. The van der Waals surface area contributed by atoms with Crippen LogP contribution in [0, 0.1) is 0 Å². The van der Waals surface area contributed by atoms with E-state index in [0.717, 1.165) is 19.4 Å². The minimum absolute atomic E-state index is 0.0434. The Bertz CT molecular complexity index is 381. The standard InChI is InChI=1S/C10H16N4O/c1-3-14(7-4-5-7)10(15)9-8(11)6-13(2)12-9/h6-7H,3-5,11H2,1-2H3. The lowest BCUT2D eigenvalue weighted by atomic mass is 10.3. The van der Waals surface area contributed by atoms with Gasteiger partial charge in [0.1, 0.15) is 0 Å². The minimum atomic E-state index is -0.0434. The van der Waals surface area contributed by atoms with Gasteiger partial charge < -0.3 is 10.6 Å². The molecule has 0 spiro atoms. The van der Waals surface area contributed by atoms with Gasteiger partial charge in [0.05, 0.1) is 5.69 Å². The largest absolute Gasteiger partial charge is 0.396 e. The lowest BCUT2D eigenvalue weighted by Crippen LogP contribution is -2.33. The summed E-state index contributed by atoms with van der Waals surface area (Å²) >= 11 is 0. The van der Waals surface area contributed by atoms with Gasteiger partial charge in [-0.25, -0.2) is 0 Å². The molecule has 82 valence electrons. The second kappa shape index (κ2) is 3.56. The average molecular weight is 208 g/mol. The van der Waals surface area contributed by atoms with Gasteiger partial charge in [0, 0.05) is 25.8 Å². The van der Waals surface area contributed by atoms with Crippen molar-refractivity contribution in [2.75, 3.05) is 12.3 Å². The highest BCUT2D eigenvalue weighted by Gasteiger charge is 2.33. The minimum Gasteiger partial charge on any atom is -0.396 e. The molecule has 15 heavy (non-hydrogen) atoms. The van der Waals surface area contributed by atoms with Gasteiger partial charge in [0.2, 0.25) is 0 Å². The first-order chi connectivity index (χ1) is 7.13. The van der Waals surface area contributed by atoms with Crippen molar-refractivity contribution in [3.8, 4) is 0 Å². The zero-order valence-electron chi connectivity index (χ0n) is 9.10. The van der Waals surface area contributed by atoms with Gasteiger partial charge in [-0.2, -0.15) is 5.10 Å². The van der Waals surface area contributed by atoms with Crippen molar-refractivity contribution >= 4 is 11.6 Å². The quantitative estimate of drug-likeness (QED) is 0.792. The van der Waals surface area contributed by atoms with E-state index in [2.05, 4.69) is 5.10 Å². The molecule has 2 N–H and O–H groups in total. The molecule has 2 rings (SSSR count). The molecule has 5 heteroatoms. The zero-order chi connectivity index (χ0) is 11.0. The van der Waals surface area contributed by atoms with Crippen LogP contribution < -0.4 is 5.73 Å². The van der Waals surface area contributed by atoms with Crippen LogP contribution in [0.2, 0.25) is 0 Å². The second-order valence-electron chi connectivity index (χ2n) is 3.93. The van der Waals surface area contributed by atoms with E-state index in [9.17, 15) is 4.79 Å². The summed E-state index contributed by atoms with van der Waals surface area (Å²) in [6, 6.07) is 0.406. The van der Waals surface area contributed by atoms with Crippen molar-refractivity contribution in [2.24, 2.45) is 7.05 Å². The maximum absolute atomic E-state index is 12.1. The molecule has 0 saturated heterocycles. The normalized spacial score (nSPS) is 15.3. The Morgan fingerprint density at radius 1 is 1.73 bits per heavy atom. The Kier molecular flexibility index (Phi) is 2.38. The first kappa shape index (κ1) is 10.0. The van der Waals surface area contributed by atoms with Crippen LogP contribution >= 0.6 is 0 Å². The number of nitrogens with zero attached hydrogens (tertiary/aromatic N) is 3. The van der Waals surface area contributed by atoms with Crippen LogP contribution in [0.1, 0.15) is 30.3 Å². The second-order valence-corrected chi connectivity index (χ2v) is 3.93. The summed E-state index contributed by atoms with van der Waals surface area (Å²) in [5, 5.41) is 4.09. The van der Waals surface area contributed by atoms with Crippen LogP contribution in [-0.4, -0.2) is 33.2 Å². The van der Waals surface area contributed by atoms with Crippen molar-refractivity contribution in [3.63, 3.8) is 0 Å². The van der Waals surface area contributed by atoms with Crippen molar-refractivity contribution in [1.29, 1.82) is 0 Å². The monoisotopic (exact) mass is 208 g/mol. The molecule has 1 aliphatic carbocycles. The Morgan fingerprint density at radius 3 is 2.80 bits per heavy atom. The molecule has 1 aromatic rings. The highest BCUT2D eigenvalue weighted by atomic mass is 16.2. The van der Waals surface area contributed by atoms with Gasteiger partial charge in [-0.3, -0.25) is 9.48 Å². The van der Waals surface area contributed by atoms with Gasteiger partial charge >= 0.3 is 0 Å². The van der Waals surface area contributed by atoms with Crippen LogP contribution in [-0.2, 0) is 7.05 Å². The molecule has 1 saturated carbocycles. The van der Waals surface area contributed by atoms with E-state index in [1.54, 1.807) is 17.9 Å². The maximum atomic E-state index is 12.1. The van der Waals surface area contributed by atoms with E-state index in [1.165, 1.54) is 0 Å². The number of carbonyl (C=O) groups is 1. The lowest BCUT2D eigenvalue weighted by molar-refractivity contribution is 0.0747. The Morgan fingerprint density at radius 2 is 2.40 bits per heavy atom. The van der Waals surface area contributed by atoms with Crippen LogP contribution in [0.15, 0.2) is 6.20 Å². The van der Waals surface area contributed by atoms with E-state index < -0.39 is 0 Å². The molecule has 0 aliphatic heterocycles. The molecule has 0 bridgehead atoms. The van der Waals surface area contributed by atoms with Gasteiger partial charge in [-0.15, -0.1) is 0 Å². The zero-order valence-corrected chi connectivity index (χ0v) is 9.10. The van der Waals surface area contributed by atoms with Crippen LogP contribution in [0.4, 0.5) is 5.69 Å². The fourth-order valence-corrected chi connectivity index (χ4v) is 1.76. The smallest absolute Gasteiger partial charge is 0.276 e. The van der Waals surface area contributed by atoms with Crippen LogP contribution in [0.5, 0.6) is 0 Å². The summed E-state index contributed by atoms with van der Waals surface area (Å²) in [4.78, 5) is 13.9. The molecule has 1 fully saturated rings. The molecule has 1 aliphatic rings. The number of rotatable bonds is 3. The number of nitrogen functional groups attached to an aromatic ring is 1. The highest BCUT2D eigenvalue weighted by molar-refractivity contribution is 5.97. The summed E-state index contributed by atoms with van der Waals surface area (Å²) < 4.78 is 1.57. The van der Waals surface area contributed by atoms with Gasteiger partial charge in [-0.05, 0) is 19.8 Å². The molecule has 1 aromatic heterocycles. The van der Waals surface area contributed by atoms with E-state index in [-0.39, 0.29) is 5.91 Å². The van der Waals surface area contributed by atoms with Crippen molar-refractivity contribution in [3.05, 3.63) is 11.9 Å². The number of amides is 1. The SMILES string of the molecule is CCN(C(=O)c1nn(C)cc1N)C1CC1. The third kappa shape index (κ3) is 1.82. The fraction of sp³-hybridized carbons (Fsp3) is 0.600. The Hall–Kier alpha value is -1.52. The van der Waals surface area contributed by atoms with E-state index in [4.69, 9.17) is 5.73 Å². The number of anilines is 1. The number of hydrogen-bond acceptors (Lipinski definition) is 3. The number of nitrogens with two attached hydrogens (primary N) is 1. The van der Waals surface area contributed by atoms with E-state index >= 15 is 0 Å². The average Bonchev–Trinajstić information content (AvgIpc) is 2.94. The summed E-state index contributed by atoms with van der Waals surface area (Å²) in [6.45, 7) is 2.70. The molecule has 0 radical (unpaired) electrons. The molecule has 0 atom stereocenters. The first-order valence-electron chi connectivity index (χ1n) is 5.23. The Balaban J connectivity index is 2.22. The van der Waals surface area contributed by atoms with Gasteiger partial charge in [0.25, 0.3) is 5.91 Å². The molecule has 1 amide bonds. The molecule has 5 nitrogen and oxygen atoms in total. The van der Waals surface area contributed by atoms with Gasteiger partial charge in [0.15, 0.2) is 5.69 Å². The Labute approximate surface area is 88.8 Å². The molecule has 0 aromatic carbocycles. The van der Waals surface area contributed by atoms with E-state index in [0.29, 0.717) is 17.4 Å². The third-order valence-electron chi connectivity index (χ3n) is 2.65. The lowest BCUT2D eigenvalue weighted by Gasteiger charge is -2.19. The van der Waals surface area contributed by atoms with E-state index in [1.807, 2.05) is 11.8 Å². The van der Waals surface area contributed by atoms with Crippen molar-refractivity contribution < 1.29 is 4.79 Å². The number of hydrogen-bond donors (Lipinski definition) is 1. The fourth-order valence-electron chi connectivity index (χ4n) is 1.76. The number of aromatic nitrogens is 2. The van der Waals surface area contributed by atoms with Crippen LogP contribution in [0.25, 0.3) is 0 Å². The predicted molar refractivity (Wildman–Crippen MR) is 57.4 cm³/mol. The summed E-state index contributed by atoms with van der Waals surface area (Å²) in [5.74, 6) is -0.0434. The summed E-state index contributed by atoms with van der Waals surface area (Å²) in [7, 11) is 1.76. The topological polar surface area (TPSA) is 64.2 Å². The molecular formula is C10H16N4O. The maximum Gasteiger partial charge on any atom is 0.276 e.